The van der Waals surface area contributed by atoms with Crippen molar-refractivity contribution in [2.24, 2.45) is 11.7 Å². The smallest absolute Gasteiger partial charge is 0.125 e. The van der Waals surface area contributed by atoms with Gasteiger partial charge in [0.05, 0.1) is 12.1 Å². The Labute approximate surface area is 101 Å². The lowest BCUT2D eigenvalue weighted by atomic mass is 9.84. The van der Waals surface area contributed by atoms with Crippen LogP contribution in [0.3, 0.4) is 0 Å². The van der Waals surface area contributed by atoms with E-state index in [1.165, 1.54) is 12.1 Å². The van der Waals surface area contributed by atoms with E-state index in [0.717, 1.165) is 25.3 Å². The van der Waals surface area contributed by atoms with Crippen molar-refractivity contribution in [3.05, 3.63) is 30.1 Å². The van der Waals surface area contributed by atoms with Gasteiger partial charge in [-0.15, -0.1) is 0 Å². The van der Waals surface area contributed by atoms with Crippen molar-refractivity contribution in [2.75, 3.05) is 25.1 Å². The number of nitrogens with two attached hydrogens (primary N) is 1. The fraction of sp³-hybridized carbons (Fsp3) is 0.538. The Bertz CT molecular complexity index is 379. The predicted molar refractivity (Wildman–Crippen MR) is 66.4 cm³/mol. The number of hydrogen-bond acceptors (Lipinski definition) is 3. The van der Waals surface area contributed by atoms with Crippen molar-refractivity contribution in [1.29, 1.82) is 0 Å². The Morgan fingerprint density at radius 1 is 1.59 bits per heavy atom. The first-order valence-electron chi connectivity index (χ1n) is 5.95. The maximum Gasteiger partial charge on any atom is 0.125 e. The van der Waals surface area contributed by atoms with E-state index >= 15 is 0 Å². The van der Waals surface area contributed by atoms with E-state index < -0.39 is 0 Å². The van der Waals surface area contributed by atoms with E-state index in [1.807, 2.05) is 6.07 Å². The molecular weight excluding hydrogens is 219 g/mol. The molecule has 0 radical (unpaired) electrons. The Hall–Kier alpha value is -1.13. The van der Waals surface area contributed by atoms with Gasteiger partial charge in [-0.25, -0.2) is 4.39 Å². The normalized spacial score (nSPS) is 23.4. The number of rotatable bonds is 4. The second-order valence-electron chi connectivity index (χ2n) is 4.82. The first kappa shape index (κ1) is 12.3. The second kappa shape index (κ2) is 5.02. The average Bonchev–Trinajstić information content (AvgIpc) is 2.83. The molecule has 4 heteroatoms. The molecule has 3 nitrogen and oxygen atoms in total. The molecule has 1 aliphatic heterocycles. The van der Waals surface area contributed by atoms with Gasteiger partial charge in [-0.3, -0.25) is 0 Å². The summed E-state index contributed by atoms with van der Waals surface area (Å²) in [7, 11) is 0. The van der Waals surface area contributed by atoms with Crippen LogP contribution in [0.1, 0.15) is 13.3 Å². The van der Waals surface area contributed by atoms with Crippen LogP contribution in [0.4, 0.5) is 10.1 Å². The van der Waals surface area contributed by atoms with E-state index in [4.69, 9.17) is 10.5 Å². The van der Waals surface area contributed by atoms with Crippen molar-refractivity contribution < 1.29 is 9.13 Å². The lowest BCUT2D eigenvalue weighted by molar-refractivity contribution is 0.172. The van der Waals surface area contributed by atoms with Crippen molar-refractivity contribution >= 4 is 5.69 Å². The summed E-state index contributed by atoms with van der Waals surface area (Å²) in [6, 6.07) is 6.47. The monoisotopic (exact) mass is 238 g/mol. The summed E-state index contributed by atoms with van der Waals surface area (Å²) in [5.41, 5.74) is 6.38. The quantitative estimate of drug-likeness (QED) is 0.843. The van der Waals surface area contributed by atoms with Gasteiger partial charge < -0.3 is 15.8 Å². The molecule has 0 spiro atoms. The van der Waals surface area contributed by atoms with Gasteiger partial charge >= 0.3 is 0 Å². The highest BCUT2D eigenvalue weighted by atomic mass is 19.1. The number of benzene rings is 1. The molecule has 0 aliphatic carbocycles. The zero-order valence-electron chi connectivity index (χ0n) is 10.1. The molecule has 1 aromatic rings. The average molecular weight is 238 g/mol. The summed E-state index contributed by atoms with van der Waals surface area (Å²) >= 11 is 0. The molecule has 3 N–H and O–H groups in total. The second-order valence-corrected chi connectivity index (χ2v) is 4.82. The van der Waals surface area contributed by atoms with Gasteiger partial charge in [-0.2, -0.15) is 0 Å². The molecule has 94 valence electrons. The molecule has 0 bridgehead atoms. The Morgan fingerprint density at radius 2 is 2.41 bits per heavy atom. The van der Waals surface area contributed by atoms with Crippen LogP contribution >= 0.6 is 0 Å². The molecule has 1 aliphatic rings. The summed E-state index contributed by atoms with van der Waals surface area (Å²) in [5, 5.41) is 3.34. The molecule has 17 heavy (non-hydrogen) atoms. The summed E-state index contributed by atoms with van der Waals surface area (Å²) < 4.78 is 18.5. The number of halogens is 1. The maximum atomic E-state index is 13.1. The molecule has 0 aromatic heterocycles. The minimum absolute atomic E-state index is 0.239. The fourth-order valence-electron chi connectivity index (χ4n) is 2.25. The third-order valence-electron chi connectivity index (χ3n) is 3.51. The topological polar surface area (TPSA) is 47.3 Å². The van der Waals surface area contributed by atoms with Gasteiger partial charge in [0, 0.05) is 24.8 Å². The van der Waals surface area contributed by atoms with Crippen LogP contribution in [0.5, 0.6) is 0 Å². The zero-order chi connectivity index (χ0) is 12.3. The molecule has 2 rings (SSSR count). The third kappa shape index (κ3) is 2.76. The minimum Gasteiger partial charge on any atom is -0.381 e. The highest BCUT2D eigenvalue weighted by Gasteiger charge is 2.35. The number of anilines is 1. The fourth-order valence-corrected chi connectivity index (χ4v) is 2.25. The number of nitrogens with one attached hydrogen (secondary N) is 1. The van der Waals surface area contributed by atoms with E-state index in [9.17, 15) is 4.39 Å². The van der Waals surface area contributed by atoms with E-state index in [1.54, 1.807) is 6.07 Å². The lowest BCUT2D eigenvalue weighted by Gasteiger charge is -2.35. The van der Waals surface area contributed by atoms with Crippen LogP contribution in [0, 0.1) is 11.7 Å². The van der Waals surface area contributed by atoms with Gasteiger partial charge in [-0.1, -0.05) is 6.07 Å². The standard InChI is InChI=1S/C13H19FN2O/c1-13(9-15,10-5-6-17-8-10)16-12-4-2-3-11(14)7-12/h2-4,7,10,16H,5-6,8-9,15H2,1H3. The number of hydrogen-bond donors (Lipinski definition) is 2. The van der Waals surface area contributed by atoms with E-state index in [-0.39, 0.29) is 11.4 Å². The van der Waals surface area contributed by atoms with Gasteiger partial charge in [0.15, 0.2) is 0 Å². The predicted octanol–water partition coefficient (Wildman–Crippen LogP) is 1.99. The molecule has 1 saturated heterocycles. The molecule has 0 saturated carbocycles. The Balaban J connectivity index is 2.13. The summed E-state index contributed by atoms with van der Waals surface area (Å²) in [4.78, 5) is 0. The van der Waals surface area contributed by atoms with Crippen molar-refractivity contribution in [1.82, 2.24) is 0 Å². The first-order valence-corrected chi connectivity index (χ1v) is 5.95. The highest BCUT2D eigenvalue weighted by Crippen LogP contribution is 2.28. The largest absolute Gasteiger partial charge is 0.381 e. The van der Waals surface area contributed by atoms with E-state index in [0.29, 0.717) is 12.5 Å². The molecule has 1 heterocycles. The van der Waals surface area contributed by atoms with Crippen LogP contribution in [0.15, 0.2) is 24.3 Å². The lowest BCUT2D eigenvalue weighted by Crippen LogP contribution is -2.49. The molecule has 2 atom stereocenters. The summed E-state index contributed by atoms with van der Waals surface area (Å²) in [6.45, 7) is 4.07. The van der Waals surface area contributed by atoms with Crippen molar-refractivity contribution in [3.8, 4) is 0 Å². The maximum absolute atomic E-state index is 13.1. The third-order valence-corrected chi connectivity index (χ3v) is 3.51. The van der Waals surface area contributed by atoms with Gasteiger partial charge in [0.2, 0.25) is 0 Å². The van der Waals surface area contributed by atoms with Crippen molar-refractivity contribution in [2.45, 2.75) is 18.9 Å². The molecule has 1 fully saturated rings. The SMILES string of the molecule is CC(CN)(Nc1cccc(F)c1)C1CCOC1. The van der Waals surface area contributed by atoms with Gasteiger partial charge in [0.25, 0.3) is 0 Å². The summed E-state index contributed by atoms with van der Waals surface area (Å²) in [5.74, 6) is 0.132. The molecule has 1 aromatic carbocycles. The van der Waals surface area contributed by atoms with E-state index in [2.05, 4.69) is 12.2 Å². The first-order chi connectivity index (χ1) is 8.14. The van der Waals surface area contributed by atoms with Crippen LogP contribution in [0.25, 0.3) is 0 Å². The minimum atomic E-state index is -0.246. The number of ether oxygens (including phenoxy) is 1. The van der Waals surface area contributed by atoms with Gasteiger partial charge in [-0.05, 0) is 31.5 Å². The van der Waals surface area contributed by atoms with Crippen LogP contribution in [-0.2, 0) is 4.74 Å². The Kier molecular flexibility index (Phi) is 3.64. The molecular formula is C13H19FN2O. The van der Waals surface area contributed by atoms with Crippen LogP contribution < -0.4 is 11.1 Å². The molecule has 2 unspecified atom stereocenters. The van der Waals surface area contributed by atoms with Gasteiger partial charge in [0.1, 0.15) is 5.82 Å². The zero-order valence-corrected chi connectivity index (χ0v) is 10.1. The van der Waals surface area contributed by atoms with Crippen LogP contribution in [-0.4, -0.2) is 25.3 Å². The highest BCUT2D eigenvalue weighted by molar-refractivity contribution is 5.46. The molecule has 0 amide bonds. The summed E-state index contributed by atoms with van der Waals surface area (Å²) in [6.07, 6.45) is 0.996. The van der Waals surface area contributed by atoms with Crippen LogP contribution in [0.2, 0.25) is 0 Å². The Morgan fingerprint density at radius 3 is 3.00 bits per heavy atom. The van der Waals surface area contributed by atoms with Crippen molar-refractivity contribution in [3.63, 3.8) is 0 Å².